The van der Waals surface area contributed by atoms with Crippen LogP contribution in [0.4, 0.5) is 0 Å². The zero-order valence-electron chi connectivity index (χ0n) is 2.06. The first kappa shape index (κ1) is 34.4. The van der Waals surface area contributed by atoms with Crippen molar-refractivity contribution in [2.45, 2.75) is 0 Å². The van der Waals surface area contributed by atoms with Crippen LogP contribution < -0.4 is 0 Å². The maximum atomic E-state index is 0. The molecule has 0 N–H and O–H groups in total. The summed E-state index contributed by atoms with van der Waals surface area (Å²) in [4.78, 5) is 0. The maximum Gasteiger partial charge on any atom is 0 e. The fourth-order valence-electron chi connectivity index (χ4n) is 0. The molecule has 0 aromatic heterocycles. The van der Waals surface area contributed by atoms with Gasteiger partial charge in [-0.2, -0.15) is 9.90 Å². The fourth-order valence-corrected chi connectivity index (χ4v) is 0. The van der Waals surface area contributed by atoms with E-state index in [4.69, 9.17) is 0 Å². The molecule has 0 aliphatic rings. The van der Waals surface area contributed by atoms with E-state index < -0.39 is 0 Å². The molecule has 1 atom stereocenters. The average molecular weight is 265 g/mol. The van der Waals surface area contributed by atoms with Crippen LogP contribution in [0.25, 0.3) is 0 Å². The number of hydrogen-bond acceptors (Lipinski definition) is 0. The summed E-state index contributed by atoms with van der Waals surface area (Å²) in [5.41, 5.74) is 0. The second-order valence-corrected chi connectivity index (χ2v) is 0. The Kier molecular flexibility index (Phi) is 162. The number of hydrogen-bond donors (Lipinski definition) is 0. The van der Waals surface area contributed by atoms with E-state index in [1.165, 1.54) is 0 Å². The maximum absolute atomic E-state index is 0. The van der Waals surface area contributed by atoms with Gasteiger partial charge in [0, 0.05) is 56.7 Å². The molecule has 0 aliphatic carbocycles. The first-order valence-electron chi connectivity index (χ1n) is 0. The SMILES string of the molecule is P.[Co].[Pd].[Zn]. The normalized spacial score (nSPS) is 0. The monoisotopic (exact) mass is 263 g/mol. The van der Waals surface area contributed by atoms with E-state index in [9.17, 15) is 0 Å². The molecule has 1 radical (unpaired) electrons. The fraction of sp³-hybridized carbons (Fsp3) is 0. The summed E-state index contributed by atoms with van der Waals surface area (Å²) in [5, 5.41) is 0. The Labute approximate surface area is 66.1 Å². The Bertz CT molecular complexity index is 8.00. The van der Waals surface area contributed by atoms with Crippen LogP contribution in [0.3, 0.4) is 0 Å². The van der Waals surface area contributed by atoms with Gasteiger partial charge in [0.05, 0.1) is 0 Å². The molecule has 0 spiro atoms. The topological polar surface area (TPSA) is 0 Å². The molecule has 4 heteroatoms. The Morgan fingerprint density at radius 3 is 1.00 bits per heavy atom. The first-order valence-corrected chi connectivity index (χ1v) is 0. The molecule has 29 valence electrons. The summed E-state index contributed by atoms with van der Waals surface area (Å²) >= 11 is 0. The molecule has 0 aromatic carbocycles. The van der Waals surface area contributed by atoms with Gasteiger partial charge in [-0.15, -0.1) is 0 Å². The molecule has 0 nitrogen and oxygen atoms in total. The third-order valence-corrected chi connectivity index (χ3v) is 0. The predicted molar refractivity (Wildman–Crippen MR) is 11.1 cm³/mol. The van der Waals surface area contributed by atoms with E-state index in [1.54, 1.807) is 0 Å². The quantitative estimate of drug-likeness (QED) is 0.429. The molecular weight excluding hydrogens is 262 g/mol. The zero-order chi connectivity index (χ0) is 0. The van der Waals surface area contributed by atoms with E-state index in [0.29, 0.717) is 0 Å². The summed E-state index contributed by atoms with van der Waals surface area (Å²) in [7, 11) is 0. The van der Waals surface area contributed by atoms with Crippen LogP contribution in [0.5, 0.6) is 0 Å². The van der Waals surface area contributed by atoms with Crippen molar-refractivity contribution in [3.8, 4) is 0 Å². The van der Waals surface area contributed by atoms with Crippen molar-refractivity contribution in [1.29, 1.82) is 0 Å². The zero-order valence-corrected chi connectivity index (χ0v) is 9.04. The van der Waals surface area contributed by atoms with Crippen molar-refractivity contribution in [3.63, 3.8) is 0 Å². The third-order valence-electron chi connectivity index (χ3n) is 0. The van der Waals surface area contributed by atoms with Crippen LogP contribution in [-0.4, -0.2) is 0 Å². The molecule has 0 rings (SSSR count). The summed E-state index contributed by atoms with van der Waals surface area (Å²) < 4.78 is 0. The minimum absolute atomic E-state index is 0. The molecule has 0 bridgehead atoms. The predicted octanol–water partition coefficient (Wildman–Crippen LogP) is 0.0506. The molecule has 0 aromatic rings. The van der Waals surface area contributed by atoms with Crippen LogP contribution in [-0.2, 0) is 56.7 Å². The Hall–Kier alpha value is 2.22. The standard InChI is InChI=1S/Co.H3P.Pd.Zn/h;1H3;;. The summed E-state index contributed by atoms with van der Waals surface area (Å²) in [5.74, 6) is 0. The third kappa shape index (κ3) is 8.88. The summed E-state index contributed by atoms with van der Waals surface area (Å²) in [6, 6.07) is 0. The van der Waals surface area contributed by atoms with E-state index >= 15 is 0 Å². The molecule has 0 saturated heterocycles. The van der Waals surface area contributed by atoms with Crippen molar-refractivity contribution in [3.05, 3.63) is 0 Å². The second-order valence-electron chi connectivity index (χ2n) is 0. The van der Waals surface area contributed by atoms with Gasteiger partial charge in [-0.05, 0) is 0 Å². The van der Waals surface area contributed by atoms with Crippen molar-refractivity contribution in [2.75, 3.05) is 0 Å². The Morgan fingerprint density at radius 2 is 1.00 bits per heavy atom. The van der Waals surface area contributed by atoms with Crippen LogP contribution >= 0.6 is 9.90 Å². The average Bonchev–Trinajstić information content (AvgIpc) is 0. The van der Waals surface area contributed by atoms with Crippen LogP contribution in [0, 0.1) is 0 Å². The van der Waals surface area contributed by atoms with Crippen molar-refractivity contribution >= 4 is 9.90 Å². The van der Waals surface area contributed by atoms with Gasteiger partial charge in [0.2, 0.25) is 0 Å². The molecule has 0 aliphatic heterocycles. The molecule has 0 heterocycles. The van der Waals surface area contributed by atoms with Gasteiger partial charge in [0.15, 0.2) is 0 Å². The molecule has 0 fully saturated rings. The van der Waals surface area contributed by atoms with Gasteiger partial charge in [0.25, 0.3) is 0 Å². The largest absolute Gasteiger partial charge is 0.153 e. The van der Waals surface area contributed by atoms with E-state index in [-0.39, 0.29) is 66.6 Å². The van der Waals surface area contributed by atoms with Crippen LogP contribution in [0.2, 0.25) is 0 Å². The molecule has 0 saturated carbocycles. The van der Waals surface area contributed by atoms with E-state index in [2.05, 4.69) is 0 Å². The smallest absolute Gasteiger partial charge is 0 e. The Balaban J connectivity index is 0. The van der Waals surface area contributed by atoms with E-state index in [1.807, 2.05) is 0 Å². The Morgan fingerprint density at radius 1 is 1.00 bits per heavy atom. The molecular formula is H3CoPPdZn. The minimum atomic E-state index is 0. The van der Waals surface area contributed by atoms with Crippen molar-refractivity contribution < 1.29 is 56.7 Å². The van der Waals surface area contributed by atoms with Gasteiger partial charge in [-0.3, -0.25) is 0 Å². The van der Waals surface area contributed by atoms with Crippen molar-refractivity contribution in [2.24, 2.45) is 0 Å². The van der Waals surface area contributed by atoms with Gasteiger partial charge < -0.3 is 0 Å². The molecule has 0 amide bonds. The van der Waals surface area contributed by atoms with Gasteiger partial charge >= 0.3 is 0 Å². The van der Waals surface area contributed by atoms with Crippen molar-refractivity contribution in [1.82, 2.24) is 0 Å². The molecule has 4 heavy (non-hydrogen) atoms. The van der Waals surface area contributed by atoms with Crippen LogP contribution in [0.1, 0.15) is 0 Å². The summed E-state index contributed by atoms with van der Waals surface area (Å²) in [6.07, 6.45) is 0. The summed E-state index contributed by atoms with van der Waals surface area (Å²) in [6.45, 7) is 0. The van der Waals surface area contributed by atoms with Gasteiger partial charge in [-0.25, -0.2) is 0 Å². The van der Waals surface area contributed by atoms with Gasteiger partial charge in [-0.1, -0.05) is 0 Å². The minimum Gasteiger partial charge on any atom is -0.153 e. The van der Waals surface area contributed by atoms with Gasteiger partial charge in [0.1, 0.15) is 0 Å². The number of rotatable bonds is 0. The van der Waals surface area contributed by atoms with E-state index in [0.717, 1.165) is 0 Å². The second kappa shape index (κ2) is 18.9. The first-order chi connectivity index (χ1) is 0. The van der Waals surface area contributed by atoms with Crippen LogP contribution in [0.15, 0.2) is 0 Å². The molecule has 1 unspecified atom stereocenters.